The number of hydrogen-bond donors (Lipinski definition) is 1. The van der Waals surface area contributed by atoms with E-state index in [1.807, 2.05) is 0 Å². The Balaban J connectivity index is 1.93. The molecule has 2 rings (SSSR count). The zero-order chi connectivity index (χ0) is 20.5. The highest BCUT2D eigenvalue weighted by atomic mass is 16.6. The Morgan fingerprint density at radius 2 is 1.82 bits per heavy atom. The molecule has 1 N–H and O–H groups in total. The minimum atomic E-state index is -0.537. The fourth-order valence-corrected chi connectivity index (χ4v) is 2.62. The third-order valence-corrected chi connectivity index (χ3v) is 4.17. The van der Waals surface area contributed by atoms with E-state index in [2.05, 4.69) is 12.2 Å². The molecule has 0 radical (unpaired) electrons. The standard InChI is InChI=1S/C21H24N2O5/c1-3-4-5-6-21(25)22-17-10-8-16(9-11-17)19(24)14-28-20-12-7-15(2)13-18(20)23(26)27/h7-13H,3-6,14H2,1-2H3,(H,22,25). The summed E-state index contributed by atoms with van der Waals surface area (Å²) in [5.41, 5.74) is 1.58. The first-order valence-corrected chi connectivity index (χ1v) is 9.21. The number of aryl methyl sites for hydroxylation is 1. The van der Waals surface area contributed by atoms with Crippen LogP contribution in [0.5, 0.6) is 5.75 Å². The average Bonchev–Trinajstić information content (AvgIpc) is 2.67. The van der Waals surface area contributed by atoms with Crippen LogP contribution in [0.2, 0.25) is 0 Å². The third-order valence-electron chi connectivity index (χ3n) is 4.17. The smallest absolute Gasteiger partial charge is 0.311 e. The van der Waals surface area contributed by atoms with E-state index < -0.39 is 4.92 Å². The van der Waals surface area contributed by atoms with Gasteiger partial charge in [-0.3, -0.25) is 19.7 Å². The van der Waals surface area contributed by atoms with Crippen molar-refractivity contribution in [2.45, 2.75) is 39.5 Å². The molecule has 0 spiro atoms. The molecule has 1 amide bonds. The van der Waals surface area contributed by atoms with Gasteiger partial charge in [0.1, 0.15) is 0 Å². The lowest BCUT2D eigenvalue weighted by atomic mass is 10.1. The molecule has 0 fully saturated rings. The number of nitrogens with zero attached hydrogens (tertiary/aromatic N) is 1. The number of carbonyl (C=O) groups is 2. The number of benzene rings is 2. The number of ketones is 1. The van der Waals surface area contributed by atoms with E-state index in [1.165, 1.54) is 12.1 Å². The maximum Gasteiger partial charge on any atom is 0.311 e. The van der Waals surface area contributed by atoms with Gasteiger partial charge < -0.3 is 10.1 Å². The van der Waals surface area contributed by atoms with Crippen LogP contribution in [0.1, 0.15) is 48.5 Å². The third kappa shape index (κ3) is 6.19. The van der Waals surface area contributed by atoms with Gasteiger partial charge in [0.2, 0.25) is 5.91 Å². The number of ether oxygens (including phenoxy) is 1. The number of nitrogens with one attached hydrogen (secondary N) is 1. The molecule has 0 aromatic heterocycles. The Hall–Kier alpha value is -3.22. The fraction of sp³-hybridized carbons (Fsp3) is 0.333. The SMILES string of the molecule is CCCCCC(=O)Nc1ccc(C(=O)COc2ccc(C)cc2[N+](=O)[O-])cc1. The number of carbonyl (C=O) groups excluding carboxylic acids is 2. The summed E-state index contributed by atoms with van der Waals surface area (Å²) >= 11 is 0. The zero-order valence-corrected chi connectivity index (χ0v) is 16.1. The molecule has 28 heavy (non-hydrogen) atoms. The van der Waals surface area contributed by atoms with E-state index in [1.54, 1.807) is 37.3 Å². The van der Waals surface area contributed by atoms with Gasteiger partial charge in [-0.05, 0) is 49.2 Å². The van der Waals surface area contributed by atoms with E-state index in [0.29, 0.717) is 17.7 Å². The number of amides is 1. The second kappa shape index (κ2) is 10.2. The molecule has 0 aliphatic carbocycles. The number of unbranched alkanes of at least 4 members (excludes halogenated alkanes) is 2. The number of nitro benzene ring substituents is 1. The van der Waals surface area contributed by atoms with Crippen molar-refractivity contribution >= 4 is 23.1 Å². The summed E-state index contributed by atoms with van der Waals surface area (Å²) in [6.45, 7) is 3.51. The maximum atomic E-state index is 12.3. The largest absolute Gasteiger partial charge is 0.478 e. The first-order valence-electron chi connectivity index (χ1n) is 9.21. The van der Waals surface area contributed by atoms with E-state index in [0.717, 1.165) is 24.8 Å². The highest BCUT2D eigenvalue weighted by Crippen LogP contribution is 2.27. The lowest BCUT2D eigenvalue weighted by Gasteiger charge is -2.08. The van der Waals surface area contributed by atoms with Gasteiger partial charge in [-0.1, -0.05) is 25.8 Å². The molecular weight excluding hydrogens is 360 g/mol. The van der Waals surface area contributed by atoms with E-state index in [9.17, 15) is 19.7 Å². The molecule has 0 heterocycles. The molecule has 7 nitrogen and oxygen atoms in total. The Morgan fingerprint density at radius 3 is 2.46 bits per heavy atom. The van der Waals surface area contributed by atoms with Gasteiger partial charge in [0, 0.05) is 23.7 Å². The van der Waals surface area contributed by atoms with Crippen LogP contribution in [0, 0.1) is 17.0 Å². The molecule has 7 heteroatoms. The van der Waals surface area contributed by atoms with E-state index in [4.69, 9.17) is 4.74 Å². The summed E-state index contributed by atoms with van der Waals surface area (Å²) in [4.78, 5) is 34.7. The fourth-order valence-electron chi connectivity index (χ4n) is 2.62. The number of hydrogen-bond acceptors (Lipinski definition) is 5. The summed E-state index contributed by atoms with van der Waals surface area (Å²) in [6, 6.07) is 11.1. The topological polar surface area (TPSA) is 98.5 Å². The van der Waals surface area contributed by atoms with Gasteiger partial charge in [-0.25, -0.2) is 0 Å². The summed E-state index contributed by atoms with van der Waals surface area (Å²) in [5.74, 6) is -0.307. The Bertz CT molecular complexity index is 846. The second-order valence-corrected chi connectivity index (χ2v) is 6.52. The summed E-state index contributed by atoms with van der Waals surface area (Å²) in [6.07, 6.45) is 3.39. The molecule has 0 bridgehead atoms. The van der Waals surface area contributed by atoms with Crippen LogP contribution in [0.25, 0.3) is 0 Å². The van der Waals surface area contributed by atoms with Crippen molar-refractivity contribution in [3.8, 4) is 5.75 Å². The second-order valence-electron chi connectivity index (χ2n) is 6.52. The maximum absolute atomic E-state index is 12.3. The van der Waals surface area contributed by atoms with Crippen molar-refractivity contribution in [3.63, 3.8) is 0 Å². The van der Waals surface area contributed by atoms with Crippen LogP contribution in [-0.4, -0.2) is 23.2 Å². The normalized spacial score (nSPS) is 10.4. The van der Waals surface area contributed by atoms with Crippen LogP contribution < -0.4 is 10.1 Å². The molecule has 148 valence electrons. The molecule has 2 aromatic rings. The van der Waals surface area contributed by atoms with Crippen molar-refractivity contribution in [2.24, 2.45) is 0 Å². The minimum absolute atomic E-state index is 0.0532. The van der Waals surface area contributed by atoms with Gasteiger partial charge in [-0.2, -0.15) is 0 Å². The van der Waals surface area contributed by atoms with Gasteiger partial charge >= 0.3 is 5.69 Å². The zero-order valence-electron chi connectivity index (χ0n) is 16.1. The summed E-state index contributed by atoms with van der Waals surface area (Å²) in [5, 5.41) is 13.9. The monoisotopic (exact) mass is 384 g/mol. The summed E-state index contributed by atoms with van der Waals surface area (Å²) < 4.78 is 5.36. The molecule has 2 aromatic carbocycles. The number of Topliss-reactive ketones (excluding diaryl/α,β-unsaturated/α-hetero) is 1. The van der Waals surface area contributed by atoms with Crippen molar-refractivity contribution in [3.05, 3.63) is 63.7 Å². The first kappa shape index (κ1) is 21.1. The first-order chi connectivity index (χ1) is 13.4. The van der Waals surface area contributed by atoms with Crippen LogP contribution >= 0.6 is 0 Å². The number of rotatable bonds is 10. The number of anilines is 1. The lowest BCUT2D eigenvalue weighted by Crippen LogP contribution is -2.13. The van der Waals surface area contributed by atoms with Crippen LogP contribution in [0.15, 0.2) is 42.5 Å². The quantitative estimate of drug-likeness (QED) is 0.277. The van der Waals surface area contributed by atoms with Gasteiger partial charge in [0.05, 0.1) is 4.92 Å². The van der Waals surface area contributed by atoms with Crippen LogP contribution in [0.3, 0.4) is 0 Å². The Labute approximate surface area is 163 Å². The average molecular weight is 384 g/mol. The highest BCUT2D eigenvalue weighted by Gasteiger charge is 2.17. The predicted molar refractivity (Wildman–Crippen MR) is 107 cm³/mol. The summed E-state index contributed by atoms with van der Waals surface area (Å²) in [7, 11) is 0. The van der Waals surface area contributed by atoms with Crippen molar-refractivity contribution in [2.75, 3.05) is 11.9 Å². The van der Waals surface area contributed by atoms with Crippen molar-refractivity contribution in [1.82, 2.24) is 0 Å². The van der Waals surface area contributed by atoms with Crippen LogP contribution in [-0.2, 0) is 4.79 Å². The van der Waals surface area contributed by atoms with E-state index >= 15 is 0 Å². The molecule has 0 saturated carbocycles. The molecule has 0 atom stereocenters. The molecular formula is C21H24N2O5. The van der Waals surface area contributed by atoms with Crippen molar-refractivity contribution in [1.29, 1.82) is 0 Å². The molecule has 0 aliphatic rings. The Morgan fingerprint density at radius 1 is 1.11 bits per heavy atom. The molecule has 0 unspecified atom stereocenters. The Kier molecular flexibility index (Phi) is 7.68. The van der Waals surface area contributed by atoms with Gasteiger partial charge in [0.15, 0.2) is 18.1 Å². The predicted octanol–water partition coefficient (Wildman–Crippen LogP) is 4.68. The van der Waals surface area contributed by atoms with Gasteiger partial charge in [-0.15, -0.1) is 0 Å². The lowest BCUT2D eigenvalue weighted by molar-refractivity contribution is -0.385. The van der Waals surface area contributed by atoms with Crippen molar-refractivity contribution < 1.29 is 19.2 Å². The number of nitro groups is 1. The highest BCUT2D eigenvalue weighted by molar-refractivity contribution is 5.98. The molecule has 0 saturated heterocycles. The van der Waals surface area contributed by atoms with Gasteiger partial charge in [0.25, 0.3) is 0 Å². The van der Waals surface area contributed by atoms with E-state index in [-0.39, 0.29) is 29.7 Å². The molecule has 0 aliphatic heterocycles. The van der Waals surface area contributed by atoms with Crippen LogP contribution in [0.4, 0.5) is 11.4 Å². The minimum Gasteiger partial charge on any atom is -0.478 e.